The number of aldehydes is 1. The zero-order valence-electron chi connectivity index (χ0n) is 11.5. The summed E-state index contributed by atoms with van der Waals surface area (Å²) in [7, 11) is 4.06. The summed E-state index contributed by atoms with van der Waals surface area (Å²) < 4.78 is 8.64. The van der Waals surface area contributed by atoms with Gasteiger partial charge in [0.25, 0.3) is 0 Å². The highest BCUT2D eigenvalue weighted by Gasteiger charge is 2.06. The van der Waals surface area contributed by atoms with Crippen molar-refractivity contribution >= 4 is 18.2 Å². The van der Waals surface area contributed by atoms with E-state index in [1.165, 1.54) is 0 Å². The smallest absolute Gasteiger partial charge is 0.140 e. The van der Waals surface area contributed by atoms with Crippen molar-refractivity contribution in [1.29, 1.82) is 0 Å². The van der Waals surface area contributed by atoms with Crippen LogP contribution in [0, 0.1) is 0 Å². The lowest BCUT2D eigenvalue weighted by Gasteiger charge is -2.14. The predicted molar refractivity (Wildman–Crippen MR) is 80.1 cm³/mol. The second kappa shape index (κ2) is 9.97. The molecule has 0 bridgehead atoms. The third-order valence-corrected chi connectivity index (χ3v) is 3.30. The van der Waals surface area contributed by atoms with E-state index in [-0.39, 0.29) is 6.04 Å². The van der Waals surface area contributed by atoms with Crippen LogP contribution in [0.4, 0.5) is 0 Å². The fourth-order valence-corrected chi connectivity index (χ4v) is 2.29. The van der Waals surface area contributed by atoms with Crippen LogP contribution in [-0.2, 0) is 16.1 Å². The molecular formula is C14H22N2O2S. The van der Waals surface area contributed by atoms with Gasteiger partial charge in [0.05, 0.1) is 19.3 Å². The maximum Gasteiger partial charge on any atom is 0.140 e. The van der Waals surface area contributed by atoms with Crippen molar-refractivity contribution in [1.82, 2.24) is 9.62 Å². The fourth-order valence-electron chi connectivity index (χ4n) is 1.37. The third-order valence-electron chi connectivity index (χ3n) is 2.45. The molecule has 0 saturated heterocycles. The van der Waals surface area contributed by atoms with E-state index < -0.39 is 0 Å². The average Bonchev–Trinajstić information content (AvgIpc) is 2.42. The number of rotatable bonds is 10. The van der Waals surface area contributed by atoms with Gasteiger partial charge in [-0.3, -0.25) is 4.72 Å². The van der Waals surface area contributed by atoms with Crippen LogP contribution in [0.25, 0.3) is 0 Å². The Kier molecular flexibility index (Phi) is 8.49. The van der Waals surface area contributed by atoms with E-state index in [1.807, 2.05) is 44.4 Å². The summed E-state index contributed by atoms with van der Waals surface area (Å²) in [6.07, 6.45) is 0.896. The number of nitrogens with one attached hydrogen (secondary N) is 1. The van der Waals surface area contributed by atoms with Crippen LogP contribution in [0.5, 0.6) is 0 Å². The number of hydrogen-bond acceptors (Lipinski definition) is 5. The van der Waals surface area contributed by atoms with Crippen molar-refractivity contribution in [2.45, 2.75) is 12.6 Å². The molecule has 0 aliphatic rings. The van der Waals surface area contributed by atoms with Crippen molar-refractivity contribution < 1.29 is 9.53 Å². The van der Waals surface area contributed by atoms with E-state index in [0.717, 1.165) is 24.1 Å². The molecule has 0 heterocycles. The van der Waals surface area contributed by atoms with Crippen LogP contribution in [0.2, 0.25) is 0 Å². The number of benzene rings is 1. The highest BCUT2D eigenvalue weighted by atomic mass is 32.2. The van der Waals surface area contributed by atoms with Gasteiger partial charge in [-0.1, -0.05) is 42.3 Å². The van der Waals surface area contributed by atoms with Gasteiger partial charge in [-0.25, -0.2) is 0 Å². The average molecular weight is 282 g/mol. The Hall–Kier alpha value is -0.880. The molecule has 1 unspecified atom stereocenters. The van der Waals surface area contributed by atoms with Crippen LogP contribution in [0.1, 0.15) is 5.56 Å². The van der Waals surface area contributed by atoms with Gasteiger partial charge in [-0.05, 0) is 19.7 Å². The number of nitrogens with zero attached hydrogens (tertiary/aromatic N) is 1. The largest absolute Gasteiger partial charge is 0.375 e. The number of hydrogen-bond donors (Lipinski definition) is 1. The highest BCUT2D eigenvalue weighted by Crippen LogP contribution is 2.02. The summed E-state index contributed by atoms with van der Waals surface area (Å²) >= 11 is 1.56. The number of carbonyl (C=O) groups excluding carboxylic acids is 1. The molecule has 1 aromatic rings. The number of carbonyl (C=O) groups is 1. The highest BCUT2D eigenvalue weighted by molar-refractivity contribution is 7.97. The Morgan fingerprint density at radius 2 is 2.11 bits per heavy atom. The summed E-state index contributed by atoms with van der Waals surface area (Å²) in [6, 6.07) is 9.69. The molecule has 0 aromatic heterocycles. The first-order valence-electron chi connectivity index (χ1n) is 6.31. The molecule has 1 aromatic carbocycles. The van der Waals surface area contributed by atoms with Gasteiger partial charge in [-0.2, -0.15) is 0 Å². The predicted octanol–water partition coefficient (Wildman–Crippen LogP) is 1.57. The van der Waals surface area contributed by atoms with Crippen LogP contribution in [0.3, 0.4) is 0 Å². The minimum Gasteiger partial charge on any atom is -0.375 e. The van der Waals surface area contributed by atoms with Gasteiger partial charge in [0, 0.05) is 12.3 Å². The normalized spacial score (nSPS) is 12.6. The van der Waals surface area contributed by atoms with Crippen molar-refractivity contribution in [3.05, 3.63) is 35.9 Å². The molecule has 0 amide bonds. The molecule has 4 nitrogen and oxygen atoms in total. The summed E-state index contributed by atoms with van der Waals surface area (Å²) in [5, 5.41) is 0. The quantitative estimate of drug-likeness (QED) is 0.401. The van der Waals surface area contributed by atoms with E-state index in [9.17, 15) is 4.79 Å². The Balaban J connectivity index is 2.13. The molecule has 1 atom stereocenters. The van der Waals surface area contributed by atoms with E-state index in [2.05, 4.69) is 9.62 Å². The van der Waals surface area contributed by atoms with Crippen LogP contribution < -0.4 is 4.72 Å². The van der Waals surface area contributed by atoms with Gasteiger partial charge in [0.15, 0.2) is 0 Å². The first kappa shape index (κ1) is 16.2. The first-order valence-corrected chi connectivity index (χ1v) is 7.30. The van der Waals surface area contributed by atoms with Gasteiger partial charge < -0.3 is 14.4 Å². The van der Waals surface area contributed by atoms with Gasteiger partial charge in [0.1, 0.15) is 6.29 Å². The van der Waals surface area contributed by atoms with Crippen molar-refractivity contribution in [3.8, 4) is 0 Å². The molecule has 19 heavy (non-hydrogen) atoms. The third kappa shape index (κ3) is 8.00. The molecule has 1 rings (SSSR count). The standard InChI is InChI=1S/C14H22N2O2S/c1-16(2)8-9-19-15-14(10-17)12-18-11-13-6-4-3-5-7-13/h3-7,10,14-15H,8-9,11-12H2,1-2H3. The van der Waals surface area contributed by atoms with E-state index in [0.29, 0.717) is 13.2 Å². The Morgan fingerprint density at radius 3 is 2.74 bits per heavy atom. The van der Waals surface area contributed by atoms with Crippen LogP contribution >= 0.6 is 11.9 Å². The molecule has 1 N–H and O–H groups in total. The lowest BCUT2D eigenvalue weighted by atomic mass is 10.2. The van der Waals surface area contributed by atoms with E-state index in [4.69, 9.17) is 4.74 Å². The SMILES string of the molecule is CN(C)CCSNC(C=O)COCc1ccccc1. The molecule has 0 fully saturated rings. The lowest BCUT2D eigenvalue weighted by molar-refractivity contribution is -0.110. The molecule has 0 spiro atoms. The molecule has 0 saturated carbocycles. The van der Waals surface area contributed by atoms with E-state index in [1.54, 1.807) is 11.9 Å². The summed E-state index contributed by atoms with van der Waals surface area (Å²) in [5.74, 6) is 0.941. The maximum absolute atomic E-state index is 10.9. The summed E-state index contributed by atoms with van der Waals surface area (Å²) in [5.41, 5.74) is 1.12. The summed E-state index contributed by atoms with van der Waals surface area (Å²) in [4.78, 5) is 13.0. The molecule has 0 radical (unpaired) electrons. The number of ether oxygens (including phenoxy) is 1. The second-order valence-electron chi connectivity index (χ2n) is 4.51. The topological polar surface area (TPSA) is 41.6 Å². The van der Waals surface area contributed by atoms with Gasteiger partial charge in [0.2, 0.25) is 0 Å². The molecule has 5 heteroatoms. The molecule has 106 valence electrons. The van der Waals surface area contributed by atoms with Crippen LogP contribution in [0.15, 0.2) is 30.3 Å². The van der Waals surface area contributed by atoms with E-state index >= 15 is 0 Å². The first-order chi connectivity index (χ1) is 9.22. The molecular weight excluding hydrogens is 260 g/mol. The Morgan fingerprint density at radius 1 is 1.37 bits per heavy atom. The van der Waals surface area contributed by atoms with Gasteiger partial charge >= 0.3 is 0 Å². The zero-order chi connectivity index (χ0) is 13.9. The molecule has 0 aliphatic heterocycles. The minimum atomic E-state index is -0.254. The van der Waals surface area contributed by atoms with Crippen molar-refractivity contribution in [3.63, 3.8) is 0 Å². The molecule has 0 aliphatic carbocycles. The van der Waals surface area contributed by atoms with Crippen LogP contribution in [-0.4, -0.2) is 50.2 Å². The Labute approximate surface area is 119 Å². The van der Waals surface area contributed by atoms with Gasteiger partial charge in [-0.15, -0.1) is 0 Å². The van der Waals surface area contributed by atoms with Crippen molar-refractivity contribution in [2.24, 2.45) is 0 Å². The monoisotopic (exact) mass is 282 g/mol. The van der Waals surface area contributed by atoms with Crippen molar-refractivity contribution in [2.75, 3.05) is 33.0 Å². The Bertz CT molecular complexity index is 347. The lowest BCUT2D eigenvalue weighted by Crippen LogP contribution is -2.31. The summed E-state index contributed by atoms with van der Waals surface area (Å²) in [6.45, 7) is 1.91. The fraction of sp³-hybridized carbons (Fsp3) is 0.500. The maximum atomic E-state index is 10.9. The second-order valence-corrected chi connectivity index (χ2v) is 5.45. The zero-order valence-corrected chi connectivity index (χ0v) is 12.4. The minimum absolute atomic E-state index is 0.254.